The third-order valence-electron chi connectivity index (χ3n) is 2.92. The van der Waals surface area contributed by atoms with Crippen molar-refractivity contribution in [2.24, 2.45) is 5.92 Å². The number of rotatable bonds is 2. The predicted molar refractivity (Wildman–Crippen MR) is 68.0 cm³/mol. The molecule has 2 nitrogen and oxygen atoms in total. The Bertz CT molecular complexity index is 388. The first-order valence-electron chi connectivity index (χ1n) is 5.75. The van der Waals surface area contributed by atoms with Gasteiger partial charge in [-0.2, -0.15) is 0 Å². The molecule has 0 aromatic heterocycles. The molecule has 2 rings (SSSR count). The maximum atomic E-state index is 9.58. The minimum absolute atomic E-state index is 0.296. The molecule has 1 atom stereocenters. The normalized spacial score (nSPS) is 19.4. The van der Waals surface area contributed by atoms with Crippen molar-refractivity contribution in [2.75, 3.05) is 0 Å². The fourth-order valence-corrected chi connectivity index (χ4v) is 2.70. The number of hydrogen-bond donors (Lipinski definition) is 1. The first-order chi connectivity index (χ1) is 7.58. The Kier molecular flexibility index (Phi) is 3.43. The third-order valence-corrected chi connectivity index (χ3v) is 3.81. The molecule has 0 spiro atoms. The van der Waals surface area contributed by atoms with Gasteiger partial charge in [-0.25, -0.2) is 0 Å². The van der Waals surface area contributed by atoms with Crippen LogP contribution in [0.25, 0.3) is 0 Å². The van der Waals surface area contributed by atoms with Gasteiger partial charge < -0.3 is 9.84 Å². The van der Waals surface area contributed by atoms with Crippen LogP contribution in [-0.2, 0) is 6.42 Å². The third kappa shape index (κ3) is 2.34. The van der Waals surface area contributed by atoms with Gasteiger partial charge in [0, 0.05) is 5.56 Å². The van der Waals surface area contributed by atoms with Gasteiger partial charge >= 0.3 is 0 Å². The maximum Gasteiger partial charge on any atom is 0.130 e. The number of phenolic OH excluding ortho intramolecular Hbond substituents is 1. The van der Waals surface area contributed by atoms with Gasteiger partial charge in [0.2, 0.25) is 0 Å². The Morgan fingerprint density at radius 2 is 2.25 bits per heavy atom. The summed E-state index contributed by atoms with van der Waals surface area (Å²) in [5, 5.41) is 9.58. The van der Waals surface area contributed by atoms with Crippen molar-refractivity contribution in [3.8, 4) is 11.5 Å². The molecule has 0 aliphatic carbocycles. The minimum Gasteiger partial charge on any atom is -0.507 e. The van der Waals surface area contributed by atoms with Gasteiger partial charge in [-0.3, -0.25) is 0 Å². The summed E-state index contributed by atoms with van der Waals surface area (Å²) in [4.78, 5) is 0. The zero-order chi connectivity index (χ0) is 11.7. The highest BCUT2D eigenvalue weighted by molar-refractivity contribution is 9.10. The Hall–Kier alpha value is -0.700. The standard InChI is InChI=1S/C13H17BrO2/c1-8(2)7-9-3-4-10-12(16-9)6-5-11(15)13(10)14/h5-6,8-9,15H,3-4,7H2,1-2H3. The molecule has 0 amide bonds. The van der Waals surface area contributed by atoms with Gasteiger partial charge in [0.15, 0.2) is 0 Å². The molecule has 1 aromatic carbocycles. The summed E-state index contributed by atoms with van der Waals surface area (Å²) in [6.45, 7) is 4.43. The van der Waals surface area contributed by atoms with Gasteiger partial charge in [-0.15, -0.1) is 0 Å². The second-order valence-corrected chi connectivity index (χ2v) is 5.58. The molecule has 1 N–H and O–H groups in total. The molecule has 1 heterocycles. The van der Waals surface area contributed by atoms with Crippen LogP contribution in [0.5, 0.6) is 11.5 Å². The van der Waals surface area contributed by atoms with E-state index < -0.39 is 0 Å². The number of ether oxygens (including phenoxy) is 1. The van der Waals surface area contributed by atoms with Crippen LogP contribution >= 0.6 is 15.9 Å². The summed E-state index contributed by atoms with van der Waals surface area (Å²) < 4.78 is 6.72. The largest absolute Gasteiger partial charge is 0.507 e. The topological polar surface area (TPSA) is 29.5 Å². The van der Waals surface area contributed by atoms with Crippen molar-refractivity contribution in [3.05, 3.63) is 22.2 Å². The molecule has 88 valence electrons. The van der Waals surface area contributed by atoms with Crippen LogP contribution in [0.3, 0.4) is 0 Å². The molecule has 1 aromatic rings. The van der Waals surface area contributed by atoms with E-state index in [1.807, 2.05) is 6.07 Å². The number of fused-ring (bicyclic) bond motifs is 1. The maximum absolute atomic E-state index is 9.58. The van der Waals surface area contributed by atoms with E-state index in [0.29, 0.717) is 17.8 Å². The molecule has 16 heavy (non-hydrogen) atoms. The molecule has 0 radical (unpaired) electrons. The van der Waals surface area contributed by atoms with Crippen molar-refractivity contribution in [3.63, 3.8) is 0 Å². The average molecular weight is 285 g/mol. The first kappa shape index (κ1) is 11.8. The van der Waals surface area contributed by atoms with E-state index in [-0.39, 0.29) is 0 Å². The van der Waals surface area contributed by atoms with Crippen molar-refractivity contribution in [1.82, 2.24) is 0 Å². The summed E-state index contributed by atoms with van der Waals surface area (Å²) in [6, 6.07) is 3.54. The molecule has 1 aliphatic heterocycles. The molecule has 3 heteroatoms. The lowest BCUT2D eigenvalue weighted by atomic mass is 9.96. The molecule has 0 saturated heterocycles. The molecule has 1 unspecified atom stereocenters. The fraction of sp³-hybridized carbons (Fsp3) is 0.538. The highest BCUT2D eigenvalue weighted by atomic mass is 79.9. The van der Waals surface area contributed by atoms with Crippen LogP contribution in [0, 0.1) is 5.92 Å². The molecule has 0 fully saturated rings. The summed E-state index contributed by atoms with van der Waals surface area (Å²) in [7, 11) is 0. The molecule has 0 bridgehead atoms. The monoisotopic (exact) mass is 284 g/mol. The quantitative estimate of drug-likeness (QED) is 0.893. The Morgan fingerprint density at radius 3 is 2.94 bits per heavy atom. The summed E-state index contributed by atoms with van der Waals surface area (Å²) >= 11 is 3.41. The highest BCUT2D eigenvalue weighted by Crippen LogP contribution is 2.39. The lowest BCUT2D eigenvalue weighted by Crippen LogP contribution is -2.24. The zero-order valence-corrected chi connectivity index (χ0v) is 11.3. The van der Waals surface area contributed by atoms with E-state index in [9.17, 15) is 5.11 Å². The number of hydrogen-bond acceptors (Lipinski definition) is 2. The smallest absolute Gasteiger partial charge is 0.130 e. The fourth-order valence-electron chi connectivity index (χ4n) is 2.17. The first-order valence-corrected chi connectivity index (χ1v) is 6.54. The van der Waals surface area contributed by atoms with E-state index >= 15 is 0 Å². The van der Waals surface area contributed by atoms with Gasteiger partial charge in [0.05, 0.1) is 10.6 Å². The summed E-state index contributed by atoms with van der Waals surface area (Å²) in [6.07, 6.45) is 3.43. The van der Waals surface area contributed by atoms with Gasteiger partial charge in [-0.1, -0.05) is 13.8 Å². The van der Waals surface area contributed by atoms with Crippen LogP contribution in [-0.4, -0.2) is 11.2 Å². The second kappa shape index (κ2) is 4.66. The average Bonchev–Trinajstić information content (AvgIpc) is 2.23. The Balaban J connectivity index is 2.19. The summed E-state index contributed by atoms with van der Waals surface area (Å²) in [5.74, 6) is 1.87. The lowest BCUT2D eigenvalue weighted by molar-refractivity contribution is 0.148. The van der Waals surface area contributed by atoms with E-state index in [1.54, 1.807) is 6.07 Å². The number of phenols is 1. The molecule has 1 aliphatic rings. The van der Waals surface area contributed by atoms with Gasteiger partial charge in [0.25, 0.3) is 0 Å². The van der Waals surface area contributed by atoms with Crippen molar-refractivity contribution < 1.29 is 9.84 Å². The summed E-state index contributed by atoms with van der Waals surface area (Å²) in [5.41, 5.74) is 1.10. The number of aromatic hydroxyl groups is 1. The van der Waals surface area contributed by atoms with Crippen molar-refractivity contribution in [1.29, 1.82) is 0 Å². The van der Waals surface area contributed by atoms with Crippen molar-refractivity contribution >= 4 is 15.9 Å². The van der Waals surface area contributed by atoms with E-state index in [1.165, 1.54) is 0 Å². The predicted octanol–water partition coefficient (Wildman–Crippen LogP) is 3.89. The minimum atomic E-state index is 0.296. The van der Waals surface area contributed by atoms with E-state index in [4.69, 9.17) is 4.74 Å². The van der Waals surface area contributed by atoms with Crippen molar-refractivity contribution in [2.45, 2.75) is 39.2 Å². The molecule has 0 saturated carbocycles. The lowest BCUT2D eigenvalue weighted by Gasteiger charge is -2.28. The van der Waals surface area contributed by atoms with Crippen LogP contribution in [0.1, 0.15) is 32.3 Å². The second-order valence-electron chi connectivity index (χ2n) is 4.78. The zero-order valence-electron chi connectivity index (χ0n) is 9.66. The Labute approximate surface area is 105 Å². The SMILES string of the molecule is CC(C)CC1CCc2c(ccc(O)c2Br)O1. The van der Waals surface area contributed by atoms with Gasteiger partial charge in [-0.05, 0) is 53.2 Å². The molecular weight excluding hydrogens is 268 g/mol. The van der Waals surface area contributed by atoms with Crippen LogP contribution in [0.15, 0.2) is 16.6 Å². The van der Waals surface area contributed by atoms with Crippen LogP contribution in [0.2, 0.25) is 0 Å². The van der Waals surface area contributed by atoms with Crippen LogP contribution in [0.4, 0.5) is 0 Å². The van der Waals surface area contributed by atoms with E-state index in [0.717, 1.165) is 35.0 Å². The van der Waals surface area contributed by atoms with Crippen LogP contribution < -0.4 is 4.74 Å². The molecular formula is C13H17BrO2. The van der Waals surface area contributed by atoms with E-state index in [2.05, 4.69) is 29.8 Å². The van der Waals surface area contributed by atoms with Gasteiger partial charge in [0.1, 0.15) is 11.5 Å². The number of halogens is 1. The highest BCUT2D eigenvalue weighted by Gasteiger charge is 2.23. The number of benzene rings is 1. The Morgan fingerprint density at radius 1 is 1.50 bits per heavy atom.